The van der Waals surface area contributed by atoms with E-state index in [2.05, 4.69) is 10.3 Å². The predicted molar refractivity (Wildman–Crippen MR) is 83.8 cm³/mol. The monoisotopic (exact) mass is 307 g/mol. The Morgan fingerprint density at radius 1 is 1.52 bits per heavy atom. The summed E-state index contributed by atoms with van der Waals surface area (Å²) in [4.78, 5) is 29.8. The van der Waals surface area contributed by atoms with Gasteiger partial charge in [0.1, 0.15) is 0 Å². The fourth-order valence-corrected chi connectivity index (χ4v) is 3.32. The first-order valence-electron chi connectivity index (χ1n) is 7.16. The van der Waals surface area contributed by atoms with Gasteiger partial charge in [0.05, 0.1) is 11.7 Å². The zero-order valence-electron chi connectivity index (χ0n) is 12.2. The molecule has 0 aromatic carbocycles. The minimum absolute atomic E-state index is 0.0375. The number of likely N-dealkylation sites (tertiary alicyclic amines) is 1. The van der Waals surface area contributed by atoms with E-state index in [-0.39, 0.29) is 17.7 Å². The third kappa shape index (κ3) is 4.74. The summed E-state index contributed by atoms with van der Waals surface area (Å²) in [6.07, 6.45) is 5.33. The first kappa shape index (κ1) is 15.8. The van der Waals surface area contributed by atoms with Crippen LogP contribution in [0.15, 0.2) is 24.5 Å². The van der Waals surface area contributed by atoms with E-state index < -0.39 is 0 Å². The smallest absolute Gasteiger partial charge is 0.232 e. The second-order valence-corrected chi connectivity index (χ2v) is 6.13. The van der Waals surface area contributed by atoms with Crippen molar-refractivity contribution in [2.45, 2.75) is 18.6 Å². The molecule has 0 radical (unpaired) electrons. The topological polar surface area (TPSA) is 62.3 Å². The van der Waals surface area contributed by atoms with Crippen molar-refractivity contribution in [1.29, 1.82) is 0 Å². The maximum Gasteiger partial charge on any atom is 0.232 e. The molecular weight excluding hydrogens is 286 g/mol. The molecule has 1 aromatic rings. The standard InChI is InChI=1S/C15H21N3O2S/c1-16-15(20)13-5-3-7-18(9-13)14(19)11-21-10-12-4-2-6-17-8-12/h2,4,6,8,13H,3,5,7,9-11H2,1H3,(H,16,20). The molecule has 1 aromatic heterocycles. The molecule has 1 fully saturated rings. The van der Waals surface area contributed by atoms with Gasteiger partial charge in [-0.05, 0) is 24.5 Å². The number of carbonyl (C=O) groups excluding carboxylic acids is 2. The fraction of sp³-hybridized carbons (Fsp3) is 0.533. The second kappa shape index (κ2) is 8.02. The van der Waals surface area contributed by atoms with Gasteiger partial charge in [-0.1, -0.05) is 6.07 Å². The number of amides is 2. The molecule has 0 saturated carbocycles. The Kier molecular flexibility index (Phi) is 6.04. The molecule has 1 N–H and O–H groups in total. The van der Waals surface area contributed by atoms with Crippen molar-refractivity contribution in [3.05, 3.63) is 30.1 Å². The Bertz CT molecular complexity index is 481. The van der Waals surface area contributed by atoms with E-state index in [1.54, 1.807) is 25.0 Å². The number of nitrogens with zero attached hydrogens (tertiary/aromatic N) is 2. The maximum atomic E-state index is 12.2. The number of rotatable bonds is 5. The van der Waals surface area contributed by atoms with Crippen molar-refractivity contribution in [1.82, 2.24) is 15.2 Å². The lowest BCUT2D eigenvalue weighted by atomic mass is 9.97. The highest BCUT2D eigenvalue weighted by molar-refractivity contribution is 7.99. The zero-order chi connectivity index (χ0) is 15.1. The molecule has 1 aliphatic heterocycles. The SMILES string of the molecule is CNC(=O)C1CCCN(C(=O)CSCc2cccnc2)C1. The number of nitrogens with one attached hydrogen (secondary N) is 1. The Morgan fingerprint density at radius 3 is 3.10 bits per heavy atom. The summed E-state index contributed by atoms with van der Waals surface area (Å²) in [5.74, 6) is 1.34. The summed E-state index contributed by atoms with van der Waals surface area (Å²) >= 11 is 1.59. The first-order valence-corrected chi connectivity index (χ1v) is 8.32. The minimum Gasteiger partial charge on any atom is -0.359 e. The first-order chi connectivity index (χ1) is 10.2. The zero-order valence-corrected chi connectivity index (χ0v) is 13.1. The minimum atomic E-state index is -0.0592. The number of hydrogen-bond donors (Lipinski definition) is 1. The molecule has 1 unspecified atom stereocenters. The summed E-state index contributed by atoms with van der Waals surface area (Å²) in [7, 11) is 1.65. The molecule has 1 saturated heterocycles. The van der Waals surface area contributed by atoms with Gasteiger partial charge in [0.25, 0.3) is 0 Å². The van der Waals surface area contributed by atoms with Crippen molar-refractivity contribution in [3.63, 3.8) is 0 Å². The summed E-state index contributed by atoms with van der Waals surface area (Å²) < 4.78 is 0. The van der Waals surface area contributed by atoms with E-state index in [1.807, 2.05) is 23.2 Å². The van der Waals surface area contributed by atoms with Crippen LogP contribution < -0.4 is 5.32 Å². The summed E-state index contributed by atoms with van der Waals surface area (Å²) in [5.41, 5.74) is 1.12. The molecule has 1 atom stereocenters. The molecule has 21 heavy (non-hydrogen) atoms. The number of pyridine rings is 1. The van der Waals surface area contributed by atoms with E-state index in [0.29, 0.717) is 12.3 Å². The summed E-state index contributed by atoms with van der Waals surface area (Å²) in [6, 6.07) is 3.91. The van der Waals surface area contributed by atoms with Gasteiger partial charge in [0.2, 0.25) is 11.8 Å². The molecule has 0 spiro atoms. The second-order valence-electron chi connectivity index (χ2n) is 5.15. The Morgan fingerprint density at radius 2 is 2.38 bits per heavy atom. The normalized spacial score (nSPS) is 18.3. The number of thioether (sulfide) groups is 1. The quantitative estimate of drug-likeness (QED) is 0.890. The molecule has 1 aliphatic rings. The van der Waals surface area contributed by atoms with Gasteiger partial charge in [-0.25, -0.2) is 0 Å². The van der Waals surface area contributed by atoms with Crippen molar-refractivity contribution in [2.24, 2.45) is 5.92 Å². The third-order valence-corrected chi connectivity index (χ3v) is 4.60. The van der Waals surface area contributed by atoms with Gasteiger partial charge in [-0.15, -0.1) is 11.8 Å². The van der Waals surface area contributed by atoms with Crippen LogP contribution in [0, 0.1) is 5.92 Å². The molecule has 2 rings (SSSR count). The van der Waals surface area contributed by atoms with Crippen molar-refractivity contribution in [3.8, 4) is 0 Å². The number of hydrogen-bond acceptors (Lipinski definition) is 4. The molecule has 114 valence electrons. The van der Waals surface area contributed by atoms with Gasteiger partial charge in [-0.3, -0.25) is 14.6 Å². The predicted octanol–water partition coefficient (Wildman–Crippen LogP) is 1.30. The van der Waals surface area contributed by atoms with Crippen LogP contribution in [0.5, 0.6) is 0 Å². The number of aromatic nitrogens is 1. The van der Waals surface area contributed by atoms with E-state index in [4.69, 9.17) is 0 Å². The average molecular weight is 307 g/mol. The number of piperidine rings is 1. The van der Waals surface area contributed by atoms with Crippen LogP contribution in [0.3, 0.4) is 0 Å². The van der Waals surface area contributed by atoms with Gasteiger partial charge in [0, 0.05) is 38.3 Å². The van der Waals surface area contributed by atoms with Gasteiger partial charge < -0.3 is 10.2 Å². The molecule has 2 amide bonds. The molecule has 0 bridgehead atoms. The summed E-state index contributed by atoms with van der Waals surface area (Å²) in [5, 5.41) is 2.67. The largest absolute Gasteiger partial charge is 0.359 e. The van der Waals surface area contributed by atoms with E-state index in [1.165, 1.54) is 0 Å². The Balaban J connectivity index is 1.76. The lowest BCUT2D eigenvalue weighted by molar-refractivity contribution is -0.133. The maximum absolute atomic E-state index is 12.2. The van der Waals surface area contributed by atoms with Gasteiger partial charge in [0.15, 0.2) is 0 Å². The van der Waals surface area contributed by atoms with Crippen LogP contribution in [0.1, 0.15) is 18.4 Å². The van der Waals surface area contributed by atoms with Crippen LogP contribution in [-0.4, -0.2) is 47.6 Å². The highest BCUT2D eigenvalue weighted by Gasteiger charge is 2.27. The molecular formula is C15H21N3O2S. The highest BCUT2D eigenvalue weighted by Crippen LogP contribution is 2.18. The number of carbonyl (C=O) groups is 2. The fourth-order valence-electron chi connectivity index (χ4n) is 2.45. The Hall–Kier alpha value is -1.56. The van der Waals surface area contributed by atoms with Gasteiger partial charge in [-0.2, -0.15) is 0 Å². The highest BCUT2D eigenvalue weighted by atomic mass is 32.2. The molecule has 2 heterocycles. The average Bonchev–Trinajstić information content (AvgIpc) is 2.55. The molecule has 5 nitrogen and oxygen atoms in total. The summed E-state index contributed by atoms with van der Waals surface area (Å²) in [6.45, 7) is 1.31. The van der Waals surface area contributed by atoms with Crippen molar-refractivity contribution < 1.29 is 9.59 Å². The Labute approximate surface area is 129 Å². The van der Waals surface area contributed by atoms with Crippen LogP contribution >= 0.6 is 11.8 Å². The van der Waals surface area contributed by atoms with Crippen LogP contribution in [0.4, 0.5) is 0 Å². The van der Waals surface area contributed by atoms with Crippen LogP contribution in [0.25, 0.3) is 0 Å². The molecule has 6 heteroatoms. The third-order valence-electron chi connectivity index (χ3n) is 3.61. The van der Waals surface area contributed by atoms with Crippen LogP contribution in [0.2, 0.25) is 0 Å². The van der Waals surface area contributed by atoms with Crippen LogP contribution in [-0.2, 0) is 15.3 Å². The van der Waals surface area contributed by atoms with Crippen molar-refractivity contribution in [2.75, 3.05) is 25.9 Å². The molecule has 0 aliphatic carbocycles. The van der Waals surface area contributed by atoms with E-state index in [9.17, 15) is 9.59 Å². The van der Waals surface area contributed by atoms with Crippen molar-refractivity contribution >= 4 is 23.6 Å². The van der Waals surface area contributed by atoms with Gasteiger partial charge >= 0.3 is 0 Å². The van der Waals surface area contributed by atoms with E-state index >= 15 is 0 Å². The lowest BCUT2D eigenvalue weighted by Crippen LogP contribution is -2.45. The van der Waals surface area contributed by atoms with E-state index in [0.717, 1.165) is 30.7 Å². The lowest BCUT2D eigenvalue weighted by Gasteiger charge is -2.31.